The van der Waals surface area contributed by atoms with Gasteiger partial charge in [-0.2, -0.15) is 5.10 Å². The van der Waals surface area contributed by atoms with E-state index in [1.807, 2.05) is 22.9 Å². The van der Waals surface area contributed by atoms with Crippen LogP contribution in [0.1, 0.15) is 25.7 Å². The first kappa shape index (κ1) is 12.9. The SMILES string of the molecule is CC(C)n1ncnc1COc1cccc(N)c1Br. The van der Waals surface area contributed by atoms with Gasteiger partial charge in [-0.1, -0.05) is 6.07 Å². The van der Waals surface area contributed by atoms with Gasteiger partial charge in [-0.25, -0.2) is 9.67 Å². The molecule has 1 heterocycles. The molecular weight excluding hydrogens is 296 g/mol. The van der Waals surface area contributed by atoms with Crippen LogP contribution in [0.4, 0.5) is 5.69 Å². The molecule has 0 aliphatic rings. The summed E-state index contributed by atoms with van der Waals surface area (Å²) in [5, 5.41) is 4.16. The van der Waals surface area contributed by atoms with E-state index < -0.39 is 0 Å². The lowest BCUT2D eigenvalue weighted by Gasteiger charge is -2.12. The smallest absolute Gasteiger partial charge is 0.165 e. The number of aromatic nitrogens is 3. The van der Waals surface area contributed by atoms with Crippen molar-refractivity contribution in [1.29, 1.82) is 0 Å². The molecule has 5 nitrogen and oxygen atoms in total. The fraction of sp³-hybridized carbons (Fsp3) is 0.333. The Morgan fingerprint density at radius 1 is 1.44 bits per heavy atom. The molecule has 96 valence electrons. The zero-order chi connectivity index (χ0) is 13.1. The molecule has 0 aliphatic heterocycles. The standard InChI is InChI=1S/C12H15BrN4O/c1-8(2)17-11(15-7-16-17)6-18-10-5-3-4-9(14)12(10)13/h3-5,7-8H,6,14H2,1-2H3. The molecule has 0 bridgehead atoms. The Labute approximate surface area is 114 Å². The number of nitrogens with two attached hydrogens (primary N) is 1. The number of rotatable bonds is 4. The number of ether oxygens (including phenoxy) is 1. The molecule has 1 aromatic carbocycles. The number of benzene rings is 1. The molecule has 0 amide bonds. The second kappa shape index (κ2) is 5.39. The van der Waals surface area contributed by atoms with Crippen LogP contribution in [0.15, 0.2) is 29.0 Å². The van der Waals surface area contributed by atoms with Gasteiger partial charge in [-0.3, -0.25) is 0 Å². The highest BCUT2D eigenvalue weighted by molar-refractivity contribution is 9.10. The van der Waals surface area contributed by atoms with Crippen LogP contribution in [-0.4, -0.2) is 14.8 Å². The van der Waals surface area contributed by atoms with Crippen LogP contribution in [0.3, 0.4) is 0 Å². The molecule has 0 spiro atoms. The van der Waals surface area contributed by atoms with E-state index in [1.165, 1.54) is 6.33 Å². The van der Waals surface area contributed by atoms with Gasteiger partial charge in [0, 0.05) is 11.7 Å². The molecule has 0 atom stereocenters. The third kappa shape index (κ3) is 2.64. The van der Waals surface area contributed by atoms with Crippen molar-refractivity contribution in [1.82, 2.24) is 14.8 Å². The minimum atomic E-state index is 0.260. The van der Waals surface area contributed by atoms with Crippen LogP contribution in [-0.2, 0) is 6.61 Å². The van der Waals surface area contributed by atoms with Gasteiger partial charge in [0.15, 0.2) is 5.82 Å². The van der Waals surface area contributed by atoms with E-state index in [4.69, 9.17) is 10.5 Å². The predicted octanol–water partition coefficient (Wildman–Crippen LogP) is 2.78. The summed E-state index contributed by atoms with van der Waals surface area (Å²) in [6, 6.07) is 5.78. The third-order valence-corrected chi connectivity index (χ3v) is 3.33. The van der Waals surface area contributed by atoms with Gasteiger partial charge < -0.3 is 10.5 Å². The molecule has 6 heteroatoms. The highest BCUT2D eigenvalue weighted by Gasteiger charge is 2.10. The van der Waals surface area contributed by atoms with Crippen LogP contribution in [0, 0.1) is 0 Å². The zero-order valence-electron chi connectivity index (χ0n) is 10.3. The van der Waals surface area contributed by atoms with Crippen molar-refractivity contribution in [3.63, 3.8) is 0 Å². The molecular formula is C12H15BrN4O. The highest BCUT2D eigenvalue weighted by Crippen LogP contribution is 2.30. The summed E-state index contributed by atoms with van der Waals surface area (Å²) < 4.78 is 8.30. The molecule has 0 saturated heterocycles. The van der Waals surface area contributed by atoms with Crippen molar-refractivity contribution in [2.45, 2.75) is 26.5 Å². The summed E-state index contributed by atoms with van der Waals surface area (Å²) >= 11 is 3.40. The summed E-state index contributed by atoms with van der Waals surface area (Å²) in [7, 11) is 0. The number of nitrogen functional groups attached to an aromatic ring is 1. The number of halogens is 1. The predicted molar refractivity (Wildman–Crippen MR) is 73.3 cm³/mol. The van der Waals surface area contributed by atoms with Crippen molar-refractivity contribution in [3.8, 4) is 5.75 Å². The molecule has 1 aromatic heterocycles. The van der Waals surface area contributed by atoms with Crippen molar-refractivity contribution in [2.24, 2.45) is 0 Å². The van der Waals surface area contributed by atoms with E-state index in [-0.39, 0.29) is 6.04 Å². The minimum absolute atomic E-state index is 0.260. The van der Waals surface area contributed by atoms with Gasteiger partial charge in [0.1, 0.15) is 18.7 Å². The maximum Gasteiger partial charge on any atom is 0.165 e. The quantitative estimate of drug-likeness (QED) is 0.882. The topological polar surface area (TPSA) is 66.0 Å². The van der Waals surface area contributed by atoms with Gasteiger partial charge in [-0.05, 0) is 41.9 Å². The molecule has 2 rings (SSSR count). The van der Waals surface area contributed by atoms with E-state index in [0.29, 0.717) is 18.0 Å². The molecule has 2 N–H and O–H groups in total. The largest absolute Gasteiger partial charge is 0.484 e. The zero-order valence-corrected chi connectivity index (χ0v) is 11.9. The van der Waals surface area contributed by atoms with Gasteiger partial charge in [0.25, 0.3) is 0 Å². The maximum atomic E-state index is 5.79. The molecule has 2 aromatic rings. The van der Waals surface area contributed by atoms with Crippen LogP contribution in [0.5, 0.6) is 5.75 Å². The van der Waals surface area contributed by atoms with E-state index in [0.717, 1.165) is 10.3 Å². The average molecular weight is 311 g/mol. The third-order valence-electron chi connectivity index (χ3n) is 2.49. The summed E-state index contributed by atoms with van der Waals surface area (Å²) in [5.74, 6) is 1.49. The highest BCUT2D eigenvalue weighted by atomic mass is 79.9. The minimum Gasteiger partial charge on any atom is -0.484 e. The van der Waals surface area contributed by atoms with Gasteiger partial charge in [-0.15, -0.1) is 0 Å². The fourth-order valence-electron chi connectivity index (χ4n) is 1.59. The van der Waals surface area contributed by atoms with Crippen molar-refractivity contribution < 1.29 is 4.74 Å². The Morgan fingerprint density at radius 3 is 2.94 bits per heavy atom. The summed E-state index contributed by atoms with van der Waals surface area (Å²) in [6.07, 6.45) is 1.53. The number of hydrogen-bond acceptors (Lipinski definition) is 4. The molecule has 0 fully saturated rings. The second-order valence-electron chi connectivity index (χ2n) is 4.16. The lowest BCUT2D eigenvalue weighted by molar-refractivity contribution is 0.281. The van der Waals surface area contributed by atoms with E-state index >= 15 is 0 Å². The van der Waals surface area contributed by atoms with Gasteiger partial charge in [0.05, 0.1) is 4.47 Å². The van der Waals surface area contributed by atoms with Crippen molar-refractivity contribution in [2.75, 3.05) is 5.73 Å². The first-order chi connectivity index (χ1) is 8.59. The molecule has 0 aliphatic carbocycles. The lowest BCUT2D eigenvalue weighted by atomic mass is 10.3. The average Bonchev–Trinajstić information content (AvgIpc) is 2.79. The number of hydrogen-bond donors (Lipinski definition) is 1. The first-order valence-corrected chi connectivity index (χ1v) is 6.44. The monoisotopic (exact) mass is 310 g/mol. The Kier molecular flexibility index (Phi) is 3.86. The Bertz CT molecular complexity index is 539. The summed E-state index contributed by atoms with van der Waals surface area (Å²) in [4.78, 5) is 4.18. The van der Waals surface area contributed by atoms with E-state index in [2.05, 4.69) is 39.9 Å². The Balaban J connectivity index is 2.12. The van der Waals surface area contributed by atoms with Crippen LogP contribution >= 0.6 is 15.9 Å². The van der Waals surface area contributed by atoms with Crippen molar-refractivity contribution >= 4 is 21.6 Å². The molecule has 0 saturated carbocycles. The summed E-state index contributed by atoms with van der Waals surface area (Å²) in [6.45, 7) is 4.46. The number of anilines is 1. The number of nitrogens with zero attached hydrogens (tertiary/aromatic N) is 3. The lowest BCUT2D eigenvalue weighted by Crippen LogP contribution is -2.11. The van der Waals surface area contributed by atoms with Crippen LogP contribution < -0.4 is 10.5 Å². The van der Waals surface area contributed by atoms with E-state index in [9.17, 15) is 0 Å². The van der Waals surface area contributed by atoms with Crippen molar-refractivity contribution in [3.05, 3.63) is 34.8 Å². The fourth-order valence-corrected chi connectivity index (χ4v) is 1.97. The maximum absolute atomic E-state index is 5.79. The molecule has 0 radical (unpaired) electrons. The Morgan fingerprint density at radius 2 is 2.22 bits per heavy atom. The van der Waals surface area contributed by atoms with Crippen LogP contribution in [0.25, 0.3) is 0 Å². The van der Waals surface area contributed by atoms with E-state index in [1.54, 1.807) is 0 Å². The molecule has 0 unspecified atom stereocenters. The van der Waals surface area contributed by atoms with Crippen LogP contribution in [0.2, 0.25) is 0 Å². The first-order valence-electron chi connectivity index (χ1n) is 5.64. The van der Waals surface area contributed by atoms with Gasteiger partial charge >= 0.3 is 0 Å². The molecule has 18 heavy (non-hydrogen) atoms. The second-order valence-corrected chi connectivity index (χ2v) is 4.96. The van der Waals surface area contributed by atoms with Gasteiger partial charge in [0.2, 0.25) is 0 Å². The normalized spacial score (nSPS) is 10.9. The summed E-state index contributed by atoms with van der Waals surface area (Å²) in [5.41, 5.74) is 6.44. The Hall–Kier alpha value is -1.56.